The minimum absolute atomic E-state index is 0.0966. The van der Waals surface area contributed by atoms with E-state index in [2.05, 4.69) is 35.7 Å². The number of hydrogen-bond acceptors (Lipinski definition) is 4. The van der Waals surface area contributed by atoms with Gasteiger partial charge in [0.1, 0.15) is 5.02 Å². The van der Waals surface area contributed by atoms with Gasteiger partial charge in [-0.05, 0) is 13.8 Å². The Labute approximate surface area is 117 Å². The Hall–Kier alpha value is -1.33. The van der Waals surface area contributed by atoms with Crippen molar-refractivity contribution in [2.75, 3.05) is 24.5 Å². The Bertz CT molecular complexity index is 538. The lowest BCUT2D eigenvalue weighted by molar-refractivity contribution is 0.379. The number of rotatable bonds is 3. The molecule has 1 aliphatic heterocycles. The fraction of sp³-hybridized carbons (Fsp3) is 0.538. The molecule has 0 unspecified atom stereocenters. The standard InChI is InChI=1S/C13H19ClN4O/c1-4-6-18-12(19)11(14)10(8-16-18)17-7-5-15-9-13(17,2)3/h4,8,15H,1,5-7,9H2,2-3H3. The molecule has 1 aliphatic rings. The summed E-state index contributed by atoms with van der Waals surface area (Å²) in [5, 5.41) is 7.72. The van der Waals surface area contributed by atoms with E-state index in [1.165, 1.54) is 4.68 Å². The first-order valence-electron chi connectivity index (χ1n) is 6.32. The SMILES string of the molecule is C=CCn1ncc(N2CCNCC2(C)C)c(Cl)c1=O. The largest absolute Gasteiger partial charge is 0.361 e. The molecule has 1 N–H and O–H groups in total. The highest BCUT2D eigenvalue weighted by Crippen LogP contribution is 2.28. The average molecular weight is 283 g/mol. The third kappa shape index (κ3) is 2.67. The predicted molar refractivity (Wildman–Crippen MR) is 78.0 cm³/mol. The summed E-state index contributed by atoms with van der Waals surface area (Å²) in [6.07, 6.45) is 3.29. The topological polar surface area (TPSA) is 50.2 Å². The van der Waals surface area contributed by atoms with Crippen LogP contribution in [0.2, 0.25) is 5.02 Å². The minimum Gasteiger partial charge on any atom is -0.361 e. The fourth-order valence-electron chi connectivity index (χ4n) is 2.33. The molecular weight excluding hydrogens is 264 g/mol. The predicted octanol–water partition coefficient (Wildman–Crippen LogP) is 1.27. The first-order valence-corrected chi connectivity index (χ1v) is 6.70. The molecule has 104 valence electrons. The lowest BCUT2D eigenvalue weighted by atomic mass is 9.99. The van der Waals surface area contributed by atoms with Crippen LogP contribution in [0.4, 0.5) is 5.69 Å². The smallest absolute Gasteiger partial charge is 0.287 e. The number of hydrogen-bond donors (Lipinski definition) is 1. The van der Waals surface area contributed by atoms with Crippen LogP contribution in [0.3, 0.4) is 0 Å². The number of aromatic nitrogens is 2. The van der Waals surface area contributed by atoms with E-state index in [4.69, 9.17) is 11.6 Å². The molecule has 2 rings (SSSR count). The summed E-state index contributed by atoms with van der Waals surface area (Å²) in [5.41, 5.74) is 0.340. The fourth-order valence-corrected chi connectivity index (χ4v) is 2.58. The van der Waals surface area contributed by atoms with Crippen LogP contribution in [0.5, 0.6) is 0 Å². The average Bonchev–Trinajstić information content (AvgIpc) is 2.36. The molecule has 2 heterocycles. The molecule has 5 nitrogen and oxygen atoms in total. The van der Waals surface area contributed by atoms with Gasteiger partial charge in [0.15, 0.2) is 0 Å². The Morgan fingerprint density at radius 1 is 1.63 bits per heavy atom. The van der Waals surface area contributed by atoms with Gasteiger partial charge in [0, 0.05) is 25.2 Å². The van der Waals surface area contributed by atoms with Crippen LogP contribution in [0.25, 0.3) is 0 Å². The summed E-state index contributed by atoms with van der Waals surface area (Å²) in [6, 6.07) is 0. The number of nitrogens with zero attached hydrogens (tertiary/aromatic N) is 3. The summed E-state index contributed by atoms with van der Waals surface area (Å²) in [6.45, 7) is 10.7. The highest BCUT2D eigenvalue weighted by atomic mass is 35.5. The third-order valence-electron chi connectivity index (χ3n) is 3.36. The maximum atomic E-state index is 12.1. The van der Waals surface area contributed by atoms with E-state index in [1.54, 1.807) is 12.3 Å². The molecule has 0 radical (unpaired) electrons. The van der Waals surface area contributed by atoms with E-state index >= 15 is 0 Å². The molecule has 0 aromatic carbocycles. The van der Waals surface area contributed by atoms with Gasteiger partial charge >= 0.3 is 0 Å². The van der Waals surface area contributed by atoms with Crippen LogP contribution in [0.1, 0.15) is 13.8 Å². The molecule has 6 heteroatoms. The summed E-state index contributed by atoms with van der Waals surface area (Å²) >= 11 is 6.23. The molecule has 1 aromatic heterocycles. The van der Waals surface area contributed by atoms with E-state index in [-0.39, 0.29) is 16.1 Å². The van der Waals surface area contributed by atoms with Crippen molar-refractivity contribution in [3.8, 4) is 0 Å². The zero-order chi connectivity index (χ0) is 14.0. The molecule has 0 aliphatic carbocycles. The van der Waals surface area contributed by atoms with E-state index in [0.29, 0.717) is 12.2 Å². The number of anilines is 1. The Kier molecular flexibility index (Phi) is 3.96. The van der Waals surface area contributed by atoms with Gasteiger partial charge in [-0.3, -0.25) is 4.79 Å². The number of allylic oxidation sites excluding steroid dienone is 1. The van der Waals surface area contributed by atoms with Crippen LogP contribution in [0, 0.1) is 0 Å². The zero-order valence-electron chi connectivity index (χ0n) is 11.3. The normalized spacial score (nSPS) is 18.4. The van der Waals surface area contributed by atoms with Crippen molar-refractivity contribution in [1.29, 1.82) is 0 Å². The molecule has 1 fully saturated rings. The van der Waals surface area contributed by atoms with Crippen LogP contribution >= 0.6 is 11.6 Å². The monoisotopic (exact) mass is 282 g/mol. The molecular formula is C13H19ClN4O. The van der Waals surface area contributed by atoms with Crippen LogP contribution in [-0.2, 0) is 6.54 Å². The Morgan fingerprint density at radius 3 is 3.00 bits per heavy atom. The van der Waals surface area contributed by atoms with Crippen LogP contribution < -0.4 is 15.8 Å². The second-order valence-corrected chi connectivity index (χ2v) is 5.64. The van der Waals surface area contributed by atoms with Crippen LogP contribution in [-0.4, -0.2) is 35.0 Å². The van der Waals surface area contributed by atoms with Gasteiger partial charge in [0.2, 0.25) is 0 Å². The molecule has 19 heavy (non-hydrogen) atoms. The van der Waals surface area contributed by atoms with Gasteiger partial charge in [-0.15, -0.1) is 6.58 Å². The second kappa shape index (κ2) is 5.35. The van der Waals surface area contributed by atoms with Crippen molar-refractivity contribution in [2.24, 2.45) is 0 Å². The summed E-state index contributed by atoms with van der Waals surface area (Å²) in [4.78, 5) is 14.2. The van der Waals surface area contributed by atoms with Crippen molar-refractivity contribution < 1.29 is 0 Å². The zero-order valence-corrected chi connectivity index (χ0v) is 12.1. The first kappa shape index (κ1) is 14.1. The van der Waals surface area contributed by atoms with Gasteiger partial charge in [0.05, 0.1) is 18.4 Å². The van der Waals surface area contributed by atoms with Crippen molar-refractivity contribution in [1.82, 2.24) is 15.1 Å². The molecule has 0 amide bonds. The Balaban J connectivity index is 2.43. The van der Waals surface area contributed by atoms with E-state index in [9.17, 15) is 4.79 Å². The molecule has 1 aromatic rings. The van der Waals surface area contributed by atoms with Gasteiger partial charge < -0.3 is 10.2 Å². The Morgan fingerprint density at radius 2 is 2.37 bits per heavy atom. The summed E-state index contributed by atoms with van der Waals surface area (Å²) < 4.78 is 1.31. The van der Waals surface area contributed by atoms with E-state index < -0.39 is 0 Å². The summed E-state index contributed by atoms with van der Waals surface area (Å²) in [5.74, 6) is 0. The highest BCUT2D eigenvalue weighted by molar-refractivity contribution is 6.33. The van der Waals surface area contributed by atoms with Gasteiger partial charge in [-0.25, -0.2) is 4.68 Å². The van der Waals surface area contributed by atoms with Crippen molar-refractivity contribution >= 4 is 17.3 Å². The number of halogens is 1. The quantitative estimate of drug-likeness (QED) is 0.849. The molecule has 1 saturated heterocycles. The first-order chi connectivity index (χ1) is 8.97. The van der Waals surface area contributed by atoms with E-state index in [0.717, 1.165) is 19.6 Å². The van der Waals surface area contributed by atoms with E-state index in [1.807, 2.05) is 0 Å². The highest BCUT2D eigenvalue weighted by Gasteiger charge is 2.31. The lowest BCUT2D eigenvalue weighted by Gasteiger charge is -2.44. The van der Waals surface area contributed by atoms with Gasteiger partial charge in [0.25, 0.3) is 5.56 Å². The van der Waals surface area contributed by atoms with Gasteiger partial charge in [-0.1, -0.05) is 17.7 Å². The van der Waals surface area contributed by atoms with Crippen molar-refractivity contribution in [2.45, 2.75) is 25.9 Å². The minimum atomic E-state index is -0.270. The number of nitrogens with one attached hydrogen (secondary N) is 1. The maximum Gasteiger partial charge on any atom is 0.287 e. The summed E-state index contributed by atoms with van der Waals surface area (Å²) in [7, 11) is 0. The molecule has 0 bridgehead atoms. The number of piperazine rings is 1. The van der Waals surface area contributed by atoms with Crippen LogP contribution in [0.15, 0.2) is 23.6 Å². The second-order valence-electron chi connectivity index (χ2n) is 5.26. The molecule has 0 spiro atoms. The molecule has 0 saturated carbocycles. The maximum absolute atomic E-state index is 12.1. The third-order valence-corrected chi connectivity index (χ3v) is 3.72. The van der Waals surface area contributed by atoms with Crippen molar-refractivity contribution in [3.63, 3.8) is 0 Å². The molecule has 0 atom stereocenters. The lowest BCUT2D eigenvalue weighted by Crippen LogP contribution is -2.58. The van der Waals surface area contributed by atoms with Gasteiger partial charge in [-0.2, -0.15) is 5.10 Å². The van der Waals surface area contributed by atoms with Crippen molar-refractivity contribution in [3.05, 3.63) is 34.2 Å².